The Bertz CT molecular complexity index is 421. The third kappa shape index (κ3) is 4.73. The number of rotatable bonds is 6. The van der Waals surface area contributed by atoms with Gasteiger partial charge >= 0.3 is 5.97 Å². The molecule has 0 aromatic carbocycles. The molecular weight excluding hydrogens is 246 g/mol. The summed E-state index contributed by atoms with van der Waals surface area (Å²) in [6, 6.07) is 1.77. The van der Waals surface area contributed by atoms with Gasteiger partial charge in [0, 0.05) is 18.3 Å². The van der Waals surface area contributed by atoms with Crippen LogP contribution in [0.2, 0.25) is 0 Å². The van der Waals surface area contributed by atoms with Crippen molar-refractivity contribution in [3.8, 4) is 5.88 Å². The van der Waals surface area contributed by atoms with Gasteiger partial charge in [-0.25, -0.2) is 4.98 Å². The first-order valence-corrected chi connectivity index (χ1v) is 6.27. The fraction of sp³-hybridized carbons (Fsp3) is 0.615. The summed E-state index contributed by atoms with van der Waals surface area (Å²) in [5, 5.41) is 0. The van der Waals surface area contributed by atoms with Gasteiger partial charge in [0.25, 0.3) is 0 Å². The van der Waals surface area contributed by atoms with E-state index in [4.69, 9.17) is 4.74 Å². The number of methoxy groups -OCH3 is 1. The van der Waals surface area contributed by atoms with E-state index in [-0.39, 0.29) is 24.7 Å². The molecule has 0 saturated heterocycles. The zero-order chi connectivity index (χ0) is 14.4. The third-order valence-electron chi connectivity index (χ3n) is 2.38. The van der Waals surface area contributed by atoms with Crippen LogP contribution in [0.1, 0.15) is 27.7 Å². The van der Waals surface area contributed by atoms with E-state index in [1.54, 1.807) is 17.2 Å². The van der Waals surface area contributed by atoms with E-state index in [1.165, 1.54) is 7.11 Å². The van der Waals surface area contributed by atoms with Crippen molar-refractivity contribution in [3.63, 3.8) is 0 Å². The number of anilines is 1. The second-order valence-electron chi connectivity index (χ2n) is 4.66. The lowest BCUT2D eigenvalue weighted by Crippen LogP contribution is -2.37. The summed E-state index contributed by atoms with van der Waals surface area (Å²) < 4.78 is 10.2. The molecular formula is C13H21N3O3. The van der Waals surface area contributed by atoms with Crippen LogP contribution in [-0.4, -0.2) is 41.7 Å². The first-order valence-electron chi connectivity index (χ1n) is 6.27. The first kappa shape index (κ1) is 15.2. The Morgan fingerprint density at radius 3 is 2.58 bits per heavy atom. The highest BCUT2D eigenvalue weighted by Gasteiger charge is 2.18. The van der Waals surface area contributed by atoms with Crippen LogP contribution in [0.25, 0.3) is 0 Å². The molecule has 1 aromatic rings. The maximum atomic E-state index is 11.4. The van der Waals surface area contributed by atoms with Crippen LogP contribution in [0.3, 0.4) is 0 Å². The predicted octanol–water partition coefficient (Wildman–Crippen LogP) is 1.65. The van der Waals surface area contributed by atoms with E-state index in [1.807, 2.05) is 27.7 Å². The summed E-state index contributed by atoms with van der Waals surface area (Å²) in [7, 11) is 1.36. The topological polar surface area (TPSA) is 64.5 Å². The van der Waals surface area contributed by atoms with Gasteiger partial charge in [-0.05, 0) is 27.7 Å². The van der Waals surface area contributed by atoms with Crippen molar-refractivity contribution in [1.29, 1.82) is 0 Å². The number of nitrogens with zero attached hydrogens (tertiary/aromatic N) is 3. The molecule has 19 heavy (non-hydrogen) atoms. The minimum Gasteiger partial charge on any atom is -0.475 e. The van der Waals surface area contributed by atoms with Gasteiger partial charge in [-0.1, -0.05) is 0 Å². The lowest BCUT2D eigenvalue weighted by atomic mass is 10.3. The largest absolute Gasteiger partial charge is 0.475 e. The molecule has 0 unspecified atom stereocenters. The molecule has 106 valence electrons. The Morgan fingerprint density at radius 2 is 2.05 bits per heavy atom. The van der Waals surface area contributed by atoms with Crippen LogP contribution in [0.4, 0.5) is 5.95 Å². The van der Waals surface area contributed by atoms with Gasteiger partial charge in [0.1, 0.15) is 6.54 Å². The molecule has 0 aliphatic carbocycles. The lowest BCUT2D eigenvalue weighted by Gasteiger charge is -2.25. The third-order valence-corrected chi connectivity index (χ3v) is 2.38. The van der Waals surface area contributed by atoms with E-state index >= 15 is 0 Å². The van der Waals surface area contributed by atoms with E-state index in [9.17, 15) is 4.79 Å². The fourth-order valence-electron chi connectivity index (χ4n) is 1.47. The van der Waals surface area contributed by atoms with Crippen LogP contribution < -0.4 is 9.64 Å². The highest BCUT2D eigenvalue weighted by Crippen LogP contribution is 2.16. The summed E-state index contributed by atoms with van der Waals surface area (Å²) in [6.45, 7) is 7.89. The lowest BCUT2D eigenvalue weighted by molar-refractivity contribution is -0.139. The number of ether oxygens (including phenoxy) is 2. The molecule has 0 saturated carbocycles. The van der Waals surface area contributed by atoms with Gasteiger partial charge in [-0.3, -0.25) is 4.79 Å². The molecule has 0 spiro atoms. The highest BCUT2D eigenvalue weighted by atomic mass is 16.5. The summed E-state index contributed by atoms with van der Waals surface area (Å²) in [5.41, 5.74) is 0. The Morgan fingerprint density at radius 1 is 1.37 bits per heavy atom. The number of hydrogen-bond acceptors (Lipinski definition) is 6. The Labute approximate surface area is 113 Å². The normalized spacial score (nSPS) is 10.7. The molecule has 0 bridgehead atoms. The van der Waals surface area contributed by atoms with Gasteiger partial charge < -0.3 is 14.4 Å². The molecule has 0 atom stereocenters. The van der Waals surface area contributed by atoms with Crippen molar-refractivity contribution in [2.75, 3.05) is 18.6 Å². The van der Waals surface area contributed by atoms with E-state index in [2.05, 4.69) is 14.7 Å². The second-order valence-corrected chi connectivity index (χ2v) is 4.66. The molecule has 6 heteroatoms. The molecule has 0 N–H and O–H groups in total. The predicted molar refractivity (Wildman–Crippen MR) is 72.3 cm³/mol. The molecule has 0 amide bonds. The molecule has 0 aliphatic rings. The highest BCUT2D eigenvalue weighted by molar-refractivity contribution is 5.74. The molecule has 0 radical (unpaired) electrons. The Balaban J connectivity index is 2.92. The van der Waals surface area contributed by atoms with Crippen LogP contribution >= 0.6 is 0 Å². The minimum absolute atomic E-state index is 0.0378. The van der Waals surface area contributed by atoms with Crippen molar-refractivity contribution in [2.45, 2.75) is 39.8 Å². The van der Waals surface area contributed by atoms with Crippen LogP contribution in [0, 0.1) is 0 Å². The number of hydrogen-bond donors (Lipinski definition) is 0. The average Bonchev–Trinajstić information content (AvgIpc) is 2.34. The van der Waals surface area contributed by atoms with E-state index < -0.39 is 0 Å². The van der Waals surface area contributed by atoms with Crippen LogP contribution in [-0.2, 0) is 9.53 Å². The molecule has 0 fully saturated rings. The number of carbonyl (C=O) groups excluding carboxylic acids is 1. The SMILES string of the molecule is COC(=O)CN(c1nccc(OC(C)C)n1)C(C)C. The molecule has 1 rings (SSSR count). The summed E-state index contributed by atoms with van der Waals surface area (Å²) in [6.07, 6.45) is 1.66. The van der Waals surface area contributed by atoms with Crippen molar-refractivity contribution in [3.05, 3.63) is 12.3 Å². The average molecular weight is 267 g/mol. The molecule has 1 aromatic heterocycles. The molecule has 0 aliphatic heterocycles. The Hall–Kier alpha value is -1.85. The van der Waals surface area contributed by atoms with Crippen molar-refractivity contribution in [2.24, 2.45) is 0 Å². The first-order chi connectivity index (χ1) is 8.93. The van der Waals surface area contributed by atoms with Crippen molar-refractivity contribution >= 4 is 11.9 Å². The zero-order valence-electron chi connectivity index (χ0n) is 12.1. The quantitative estimate of drug-likeness (QED) is 0.730. The van der Waals surface area contributed by atoms with Gasteiger partial charge in [0.15, 0.2) is 0 Å². The van der Waals surface area contributed by atoms with Crippen molar-refractivity contribution < 1.29 is 14.3 Å². The summed E-state index contributed by atoms with van der Waals surface area (Å²) >= 11 is 0. The second kappa shape index (κ2) is 6.92. The van der Waals surface area contributed by atoms with Crippen LogP contribution in [0.5, 0.6) is 5.88 Å². The van der Waals surface area contributed by atoms with Gasteiger partial charge in [0.2, 0.25) is 11.8 Å². The smallest absolute Gasteiger partial charge is 0.325 e. The molecule has 1 heterocycles. The standard InChI is InChI=1S/C13H21N3O3/c1-9(2)16(8-12(17)18-5)13-14-7-6-11(15-13)19-10(3)4/h6-7,9-10H,8H2,1-5H3. The van der Waals surface area contributed by atoms with Gasteiger partial charge in [-0.2, -0.15) is 4.98 Å². The van der Waals surface area contributed by atoms with Gasteiger partial charge in [0.05, 0.1) is 13.2 Å². The fourth-order valence-corrected chi connectivity index (χ4v) is 1.47. The summed E-state index contributed by atoms with van der Waals surface area (Å²) in [4.78, 5) is 21.7. The van der Waals surface area contributed by atoms with Crippen LogP contribution in [0.15, 0.2) is 12.3 Å². The van der Waals surface area contributed by atoms with E-state index in [0.717, 1.165) is 0 Å². The number of aromatic nitrogens is 2. The zero-order valence-corrected chi connectivity index (χ0v) is 12.1. The molecule has 6 nitrogen and oxygen atoms in total. The van der Waals surface area contributed by atoms with E-state index in [0.29, 0.717) is 11.8 Å². The number of esters is 1. The minimum atomic E-state index is -0.326. The maximum Gasteiger partial charge on any atom is 0.325 e. The summed E-state index contributed by atoms with van der Waals surface area (Å²) in [5.74, 6) is 0.626. The maximum absolute atomic E-state index is 11.4. The van der Waals surface area contributed by atoms with Gasteiger partial charge in [-0.15, -0.1) is 0 Å². The Kier molecular flexibility index (Phi) is 5.54. The van der Waals surface area contributed by atoms with Crippen molar-refractivity contribution in [1.82, 2.24) is 9.97 Å². The monoisotopic (exact) mass is 267 g/mol. The number of carbonyl (C=O) groups is 1.